The third-order valence-electron chi connectivity index (χ3n) is 3.23. The Morgan fingerprint density at radius 1 is 1.12 bits per heavy atom. The molecule has 2 rings (SSSR count). The maximum Gasteiger partial charge on any atom is 0.274 e. The van der Waals surface area contributed by atoms with Crippen molar-refractivity contribution in [2.45, 2.75) is 13.1 Å². The molecule has 6 nitrogen and oxygen atoms in total. The van der Waals surface area contributed by atoms with Crippen LogP contribution in [-0.4, -0.2) is 17.9 Å². The Morgan fingerprint density at radius 3 is 2.38 bits per heavy atom. The molecule has 2 aromatic rings. The molecule has 0 bridgehead atoms. The van der Waals surface area contributed by atoms with Crippen molar-refractivity contribution >= 4 is 35.6 Å². The third-order valence-corrected chi connectivity index (χ3v) is 3.23. The van der Waals surface area contributed by atoms with Crippen molar-refractivity contribution in [1.29, 1.82) is 0 Å². The summed E-state index contributed by atoms with van der Waals surface area (Å²) in [5, 5.41) is 17.1. The van der Waals surface area contributed by atoms with Gasteiger partial charge in [-0.25, -0.2) is 4.39 Å². The quantitative estimate of drug-likeness (QED) is 0.244. The summed E-state index contributed by atoms with van der Waals surface area (Å²) in [6.45, 7) is 0.747. The lowest BCUT2D eigenvalue weighted by Crippen LogP contribution is -2.36. The standard InChI is InChI=1S/C16H17FN4O2.HI/c1-18-16(19-10-12-6-8-14(17)9-7-12)20-11-13-4-2-3-5-15(13)21(22)23;/h2-9H,10-11H2,1H3,(H2,18,19,20);1H. The molecule has 0 unspecified atom stereocenters. The number of nitro benzene ring substituents is 1. The molecular weight excluding hydrogens is 426 g/mol. The SMILES string of the molecule is CN=C(NCc1ccc(F)cc1)NCc1ccccc1[N+](=O)[O-].I. The zero-order valence-corrected chi connectivity index (χ0v) is 15.4. The number of rotatable bonds is 5. The highest BCUT2D eigenvalue weighted by Crippen LogP contribution is 2.16. The van der Waals surface area contributed by atoms with Crippen LogP contribution >= 0.6 is 24.0 Å². The van der Waals surface area contributed by atoms with Crippen molar-refractivity contribution in [2.24, 2.45) is 4.99 Å². The number of nitrogens with zero attached hydrogens (tertiary/aromatic N) is 2. The number of hydrogen-bond donors (Lipinski definition) is 2. The monoisotopic (exact) mass is 444 g/mol. The fourth-order valence-corrected chi connectivity index (χ4v) is 2.03. The van der Waals surface area contributed by atoms with E-state index in [2.05, 4.69) is 15.6 Å². The van der Waals surface area contributed by atoms with Crippen molar-refractivity contribution in [3.63, 3.8) is 0 Å². The van der Waals surface area contributed by atoms with E-state index >= 15 is 0 Å². The molecule has 0 spiro atoms. The summed E-state index contributed by atoms with van der Waals surface area (Å²) in [5.41, 5.74) is 1.54. The van der Waals surface area contributed by atoms with Crippen LogP contribution in [0.2, 0.25) is 0 Å². The molecule has 2 N–H and O–H groups in total. The summed E-state index contributed by atoms with van der Waals surface area (Å²) in [6.07, 6.45) is 0. The average Bonchev–Trinajstić information content (AvgIpc) is 2.56. The van der Waals surface area contributed by atoms with E-state index in [4.69, 9.17) is 0 Å². The number of halogens is 2. The molecular formula is C16H18FIN4O2. The van der Waals surface area contributed by atoms with E-state index in [0.29, 0.717) is 18.1 Å². The molecule has 0 saturated carbocycles. The second kappa shape index (κ2) is 9.81. The first-order chi connectivity index (χ1) is 11.1. The van der Waals surface area contributed by atoms with Gasteiger partial charge >= 0.3 is 0 Å². The van der Waals surface area contributed by atoms with Gasteiger partial charge in [0.2, 0.25) is 0 Å². The van der Waals surface area contributed by atoms with Crippen LogP contribution in [0.5, 0.6) is 0 Å². The van der Waals surface area contributed by atoms with Crippen LogP contribution in [0, 0.1) is 15.9 Å². The van der Waals surface area contributed by atoms with Crippen LogP contribution in [0.1, 0.15) is 11.1 Å². The van der Waals surface area contributed by atoms with Crippen LogP contribution in [0.25, 0.3) is 0 Å². The maximum atomic E-state index is 12.9. The zero-order valence-electron chi connectivity index (χ0n) is 13.0. The van der Waals surface area contributed by atoms with Crippen LogP contribution in [0.4, 0.5) is 10.1 Å². The molecule has 128 valence electrons. The number of guanidine groups is 1. The van der Waals surface area contributed by atoms with E-state index in [0.717, 1.165) is 5.56 Å². The highest BCUT2D eigenvalue weighted by atomic mass is 127. The minimum atomic E-state index is -0.411. The van der Waals surface area contributed by atoms with Gasteiger partial charge in [0.25, 0.3) is 5.69 Å². The molecule has 0 saturated heterocycles. The highest BCUT2D eigenvalue weighted by Gasteiger charge is 2.12. The topological polar surface area (TPSA) is 79.6 Å². The maximum absolute atomic E-state index is 12.9. The molecule has 0 aliphatic rings. The first-order valence-corrected chi connectivity index (χ1v) is 7.01. The average molecular weight is 444 g/mol. The van der Waals surface area contributed by atoms with E-state index in [9.17, 15) is 14.5 Å². The Kier molecular flexibility index (Phi) is 8.10. The van der Waals surface area contributed by atoms with E-state index in [-0.39, 0.29) is 42.0 Å². The first-order valence-electron chi connectivity index (χ1n) is 7.01. The molecule has 0 radical (unpaired) electrons. The second-order valence-electron chi connectivity index (χ2n) is 4.79. The van der Waals surface area contributed by atoms with Gasteiger partial charge in [0.1, 0.15) is 5.82 Å². The highest BCUT2D eigenvalue weighted by molar-refractivity contribution is 14.0. The van der Waals surface area contributed by atoms with Gasteiger partial charge < -0.3 is 10.6 Å². The van der Waals surface area contributed by atoms with Crippen LogP contribution in [0.3, 0.4) is 0 Å². The number of nitro groups is 1. The summed E-state index contributed by atoms with van der Waals surface area (Å²) in [5.74, 6) is 0.222. The molecule has 0 aliphatic heterocycles. The van der Waals surface area contributed by atoms with E-state index in [1.807, 2.05) is 0 Å². The fraction of sp³-hybridized carbons (Fsp3) is 0.188. The predicted octanol–water partition coefficient (Wildman–Crippen LogP) is 3.22. The predicted molar refractivity (Wildman–Crippen MR) is 102 cm³/mol. The van der Waals surface area contributed by atoms with Crippen molar-refractivity contribution < 1.29 is 9.31 Å². The molecule has 0 heterocycles. The van der Waals surface area contributed by atoms with Gasteiger partial charge in [0.15, 0.2) is 5.96 Å². The number of nitrogens with one attached hydrogen (secondary N) is 2. The van der Waals surface area contributed by atoms with Crippen LogP contribution in [-0.2, 0) is 13.1 Å². The number of benzene rings is 2. The first kappa shape index (κ1) is 19.8. The van der Waals surface area contributed by atoms with Crippen molar-refractivity contribution in [3.8, 4) is 0 Å². The van der Waals surface area contributed by atoms with E-state index < -0.39 is 4.92 Å². The lowest BCUT2D eigenvalue weighted by atomic mass is 10.2. The Bertz CT molecular complexity index is 707. The summed E-state index contributed by atoms with van der Waals surface area (Å²) in [4.78, 5) is 14.6. The smallest absolute Gasteiger partial charge is 0.274 e. The zero-order chi connectivity index (χ0) is 16.7. The second-order valence-corrected chi connectivity index (χ2v) is 4.79. The van der Waals surface area contributed by atoms with E-state index in [1.165, 1.54) is 18.2 Å². The molecule has 0 aliphatic carbocycles. The van der Waals surface area contributed by atoms with Crippen molar-refractivity contribution in [2.75, 3.05) is 7.05 Å². The molecule has 0 fully saturated rings. The molecule has 0 amide bonds. The third kappa shape index (κ3) is 5.76. The Hall–Kier alpha value is -2.23. The Labute approximate surface area is 156 Å². The van der Waals surface area contributed by atoms with Gasteiger partial charge in [-0.2, -0.15) is 0 Å². The van der Waals surface area contributed by atoms with E-state index in [1.54, 1.807) is 37.4 Å². The number of aliphatic imine (C=N–C) groups is 1. The van der Waals surface area contributed by atoms with Crippen molar-refractivity contribution in [3.05, 3.63) is 75.6 Å². The molecule has 2 aromatic carbocycles. The molecule has 24 heavy (non-hydrogen) atoms. The number of para-hydroxylation sites is 1. The summed E-state index contributed by atoms with van der Waals surface area (Å²) >= 11 is 0. The van der Waals surface area contributed by atoms with Gasteiger partial charge in [0.05, 0.1) is 4.92 Å². The largest absolute Gasteiger partial charge is 0.352 e. The van der Waals surface area contributed by atoms with Gasteiger partial charge in [-0.1, -0.05) is 30.3 Å². The Balaban J connectivity index is 0.00000288. The lowest BCUT2D eigenvalue weighted by Gasteiger charge is -2.12. The van der Waals surface area contributed by atoms with Crippen LogP contribution < -0.4 is 10.6 Å². The minimum absolute atomic E-state index is 0. The summed E-state index contributed by atoms with van der Waals surface area (Å²) in [7, 11) is 1.61. The lowest BCUT2D eigenvalue weighted by molar-refractivity contribution is -0.385. The molecule has 0 aromatic heterocycles. The molecule has 0 atom stereocenters. The van der Waals surface area contributed by atoms with Crippen LogP contribution in [0.15, 0.2) is 53.5 Å². The fourth-order valence-electron chi connectivity index (χ4n) is 2.03. The van der Waals surface area contributed by atoms with Gasteiger partial charge in [-0.3, -0.25) is 15.1 Å². The van der Waals surface area contributed by atoms with Gasteiger partial charge in [0, 0.05) is 31.8 Å². The molecule has 8 heteroatoms. The normalized spacial score (nSPS) is 10.7. The minimum Gasteiger partial charge on any atom is -0.352 e. The van der Waals surface area contributed by atoms with Gasteiger partial charge in [-0.05, 0) is 17.7 Å². The number of hydrogen-bond acceptors (Lipinski definition) is 3. The summed E-state index contributed by atoms with van der Waals surface area (Å²) in [6, 6.07) is 12.7. The van der Waals surface area contributed by atoms with Gasteiger partial charge in [-0.15, -0.1) is 24.0 Å². The Morgan fingerprint density at radius 2 is 1.75 bits per heavy atom. The van der Waals surface area contributed by atoms with Crippen molar-refractivity contribution in [1.82, 2.24) is 10.6 Å². The summed E-state index contributed by atoms with van der Waals surface area (Å²) < 4.78 is 12.9.